The lowest BCUT2D eigenvalue weighted by molar-refractivity contribution is -0.279. The molecule has 0 saturated carbocycles. The van der Waals surface area contributed by atoms with E-state index in [4.69, 9.17) is 0 Å². The van der Waals surface area contributed by atoms with Crippen molar-refractivity contribution in [2.24, 2.45) is 5.92 Å². The Morgan fingerprint density at radius 2 is 1.17 bits per heavy atom. The van der Waals surface area contributed by atoms with Gasteiger partial charge in [-0.3, -0.25) is 0 Å². The Morgan fingerprint density at radius 3 is 1.25 bits per heavy atom. The third-order valence-corrected chi connectivity index (χ3v) is 1.44. The molecule has 0 aliphatic carbocycles. The number of halogens is 6. The van der Waals surface area contributed by atoms with Crippen LogP contribution in [0.4, 0.5) is 26.3 Å². The van der Waals surface area contributed by atoms with Crippen molar-refractivity contribution >= 4 is 0 Å². The molecular formula is C6H8F6. The topological polar surface area (TPSA) is 0 Å². The van der Waals surface area contributed by atoms with E-state index in [1.807, 2.05) is 0 Å². The Hall–Kier alpha value is -0.420. The molecule has 6 heteroatoms. The first-order valence-corrected chi connectivity index (χ1v) is 3.17. The van der Waals surface area contributed by atoms with E-state index in [1.165, 1.54) is 0 Å². The van der Waals surface area contributed by atoms with E-state index in [-0.39, 0.29) is 0 Å². The SMILES string of the molecule is CC(C)C(F)(F)C(F)(F)C(F)F. The molecule has 0 fully saturated rings. The van der Waals surface area contributed by atoms with Gasteiger partial charge in [0.15, 0.2) is 0 Å². The van der Waals surface area contributed by atoms with Crippen LogP contribution in [0, 0.1) is 5.92 Å². The molecule has 0 atom stereocenters. The molecule has 0 aromatic heterocycles. The zero-order chi connectivity index (χ0) is 10.2. The summed E-state index contributed by atoms with van der Waals surface area (Å²) < 4.78 is 71.7. The molecule has 0 aliphatic heterocycles. The van der Waals surface area contributed by atoms with Crippen molar-refractivity contribution in [2.45, 2.75) is 32.1 Å². The minimum absolute atomic E-state index is 0.760. The minimum Gasteiger partial charge on any atom is -0.203 e. The van der Waals surface area contributed by atoms with Gasteiger partial charge in [-0.25, -0.2) is 8.78 Å². The molecule has 0 heterocycles. The molecule has 0 N–H and O–H groups in total. The average Bonchev–Trinajstić information content (AvgIpc) is 1.86. The van der Waals surface area contributed by atoms with Gasteiger partial charge in [-0.15, -0.1) is 0 Å². The van der Waals surface area contributed by atoms with Crippen LogP contribution in [0.3, 0.4) is 0 Å². The van der Waals surface area contributed by atoms with Crippen molar-refractivity contribution in [2.75, 3.05) is 0 Å². The van der Waals surface area contributed by atoms with Gasteiger partial charge in [-0.05, 0) is 0 Å². The maximum atomic E-state index is 12.3. The summed E-state index contributed by atoms with van der Waals surface area (Å²) in [5, 5.41) is 0. The van der Waals surface area contributed by atoms with Gasteiger partial charge in [0.1, 0.15) is 0 Å². The molecule has 0 nitrogen and oxygen atoms in total. The summed E-state index contributed by atoms with van der Waals surface area (Å²) in [6, 6.07) is 0. The Labute approximate surface area is 65.6 Å². The quantitative estimate of drug-likeness (QED) is 0.605. The van der Waals surface area contributed by atoms with Crippen molar-refractivity contribution < 1.29 is 26.3 Å². The normalized spacial score (nSPS) is 14.5. The third-order valence-electron chi connectivity index (χ3n) is 1.44. The Kier molecular flexibility index (Phi) is 3.03. The van der Waals surface area contributed by atoms with Gasteiger partial charge >= 0.3 is 18.3 Å². The van der Waals surface area contributed by atoms with Crippen LogP contribution in [0.2, 0.25) is 0 Å². The first kappa shape index (κ1) is 11.6. The Morgan fingerprint density at radius 1 is 0.833 bits per heavy atom. The fraction of sp³-hybridized carbons (Fsp3) is 1.00. The molecule has 0 aromatic rings. The van der Waals surface area contributed by atoms with Gasteiger partial charge < -0.3 is 0 Å². The summed E-state index contributed by atoms with van der Waals surface area (Å²) in [6.07, 6.45) is -4.34. The largest absolute Gasteiger partial charge is 0.369 e. The molecule has 74 valence electrons. The summed E-state index contributed by atoms with van der Waals surface area (Å²) in [5.74, 6) is -11.7. The molecule has 0 aliphatic rings. The molecule has 0 saturated heterocycles. The summed E-state index contributed by atoms with van der Waals surface area (Å²) in [6.45, 7) is 1.52. The third kappa shape index (κ3) is 1.67. The van der Waals surface area contributed by atoms with Crippen LogP contribution in [0.5, 0.6) is 0 Å². The number of hydrogen-bond acceptors (Lipinski definition) is 0. The fourth-order valence-corrected chi connectivity index (χ4v) is 0.530. The van der Waals surface area contributed by atoms with Crippen LogP contribution in [-0.2, 0) is 0 Å². The van der Waals surface area contributed by atoms with Crippen LogP contribution in [0.25, 0.3) is 0 Å². The molecule has 0 spiro atoms. The first-order valence-electron chi connectivity index (χ1n) is 3.17. The van der Waals surface area contributed by atoms with Crippen LogP contribution < -0.4 is 0 Å². The number of alkyl halides is 6. The van der Waals surface area contributed by atoms with Gasteiger partial charge in [0.25, 0.3) is 0 Å². The van der Waals surface area contributed by atoms with E-state index < -0.39 is 24.2 Å². The van der Waals surface area contributed by atoms with Crippen LogP contribution >= 0.6 is 0 Å². The molecule has 0 unspecified atom stereocenters. The summed E-state index contributed by atoms with van der Waals surface area (Å²) in [4.78, 5) is 0. The van der Waals surface area contributed by atoms with Gasteiger partial charge in [-0.1, -0.05) is 13.8 Å². The molecule has 0 bridgehead atoms. The maximum absolute atomic E-state index is 12.3. The second-order valence-corrected chi connectivity index (χ2v) is 2.70. The highest BCUT2D eigenvalue weighted by Crippen LogP contribution is 2.43. The summed E-state index contributed by atoms with van der Waals surface area (Å²) in [5.41, 5.74) is 0. The molecule has 0 radical (unpaired) electrons. The Bertz CT molecular complexity index is 132. The van der Waals surface area contributed by atoms with E-state index in [2.05, 4.69) is 0 Å². The van der Waals surface area contributed by atoms with Gasteiger partial charge in [0.2, 0.25) is 0 Å². The highest BCUT2D eigenvalue weighted by molar-refractivity contribution is 4.89. The standard InChI is InChI=1S/C6H8F6/c1-3(2)5(9,10)6(11,12)4(7)8/h3-4H,1-2H3. The van der Waals surface area contributed by atoms with Crippen LogP contribution in [-0.4, -0.2) is 18.3 Å². The van der Waals surface area contributed by atoms with Crippen molar-refractivity contribution in [1.82, 2.24) is 0 Å². The van der Waals surface area contributed by atoms with Crippen molar-refractivity contribution in [3.8, 4) is 0 Å². The lowest BCUT2D eigenvalue weighted by Gasteiger charge is -2.28. The summed E-state index contributed by atoms with van der Waals surface area (Å²) in [7, 11) is 0. The highest BCUT2D eigenvalue weighted by atomic mass is 19.3. The van der Waals surface area contributed by atoms with Gasteiger partial charge in [0, 0.05) is 5.92 Å². The monoisotopic (exact) mass is 194 g/mol. The molecule has 12 heavy (non-hydrogen) atoms. The second-order valence-electron chi connectivity index (χ2n) is 2.70. The van der Waals surface area contributed by atoms with Crippen molar-refractivity contribution in [3.05, 3.63) is 0 Å². The Balaban J connectivity index is 4.75. The van der Waals surface area contributed by atoms with E-state index in [0.29, 0.717) is 0 Å². The molecule has 0 rings (SSSR count). The zero-order valence-corrected chi connectivity index (χ0v) is 6.42. The minimum atomic E-state index is -5.25. The van der Waals surface area contributed by atoms with Gasteiger partial charge in [0.05, 0.1) is 0 Å². The van der Waals surface area contributed by atoms with E-state index in [1.54, 1.807) is 0 Å². The molecular weight excluding hydrogens is 186 g/mol. The number of rotatable bonds is 3. The predicted molar refractivity (Wildman–Crippen MR) is 30.7 cm³/mol. The highest BCUT2D eigenvalue weighted by Gasteiger charge is 2.64. The maximum Gasteiger partial charge on any atom is 0.369 e. The second kappa shape index (κ2) is 3.14. The van der Waals surface area contributed by atoms with E-state index in [9.17, 15) is 26.3 Å². The van der Waals surface area contributed by atoms with Crippen LogP contribution in [0.1, 0.15) is 13.8 Å². The van der Waals surface area contributed by atoms with Gasteiger partial charge in [-0.2, -0.15) is 17.6 Å². The van der Waals surface area contributed by atoms with Crippen molar-refractivity contribution in [1.29, 1.82) is 0 Å². The zero-order valence-electron chi connectivity index (χ0n) is 6.42. The van der Waals surface area contributed by atoms with Crippen LogP contribution in [0.15, 0.2) is 0 Å². The average molecular weight is 194 g/mol. The summed E-state index contributed by atoms with van der Waals surface area (Å²) >= 11 is 0. The van der Waals surface area contributed by atoms with E-state index in [0.717, 1.165) is 13.8 Å². The predicted octanol–water partition coefficient (Wildman–Crippen LogP) is 3.18. The smallest absolute Gasteiger partial charge is 0.203 e. The lowest BCUT2D eigenvalue weighted by atomic mass is 10.00. The number of hydrogen-bond donors (Lipinski definition) is 0. The lowest BCUT2D eigenvalue weighted by Crippen LogP contribution is -2.49. The van der Waals surface area contributed by atoms with Crippen molar-refractivity contribution in [3.63, 3.8) is 0 Å². The molecule has 0 amide bonds. The first-order chi connectivity index (χ1) is 5.14. The molecule has 0 aromatic carbocycles. The van der Waals surface area contributed by atoms with E-state index >= 15 is 0 Å². The fourth-order valence-electron chi connectivity index (χ4n) is 0.530.